The van der Waals surface area contributed by atoms with E-state index in [1.807, 2.05) is 153 Å². The lowest BCUT2D eigenvalue weighted by Gasteiger charge is -2.53. The number of carbonyl (C=O) groups is 1. The van der Waals surface area contributed by atoms with Gasteiger partial charge in [0.1, 0.15) is 72.8 Å². The van der Waals surface area contributed by atoms with Gasteiger partial charge in [-0.2, -0.15) is 0 Å². The Morgan fingerprint density at radius 1 is 0.511 bits per heavy atom. The van der Waals surface area contributed by atoms with Crippen LogP contribution in [0.4, 0.5) is 0 Å². The number of hydrogen-bond acceptors (Lipinski definition) is 17. The molecule has 5 aromatic rings. The molecule has 3 aliphatic heterocycles. The summed E-state index contributed by atoms with van der Waals surface area (Å²) < 4.78 is 103. The van der Waals surface area contributed by atoms with Gasteiger partial charge in [0.2, 0.25) is 5.91 Å². The molecule has 20 heteroatoms. The van der Waals surface area contributed by atoms with Gasteiger partial charge in [-0.3, -0.25) is 4.79 Å². The molecular formula is C70H86N4O16. The van der Waals surface area contributed by atoms with Gasteiger partial charge in [0.25, 0.3) is 0 Å². The van der Waals surface area contributed by atoms with E-state index in [-0.39, 0.29) is 85.8 Å². The highest BCUT2D eigenvalue weighted by atomic mass is 16.8. The molecule has 0 aromatic heterocycles. The van der Waals surface area contributed by atoms with Crippen LogP contribution in [-0.2, 0) is 104 Å². The lowest BCUT2D eigenvalue weighted by atomic mass is 9.93. The number of carbonyl (C=O) groups excluding carboxylic acids is 1. The maximum atomic E-state index is 14.5. The number of hydrogen-bond donors (Lipinski definition) is 0. The number of azide groups is 1. The van der Waals surface area contributed by atoms with Gasteiger partial charge < -0.3 is 76.0 Å². The summed E-state index contributed by atoms with van der Waals surface area (Å²) in [5.41, 5.74) is 13.9. The highest BCUT2D eigenvalue weighted by molar-refractivity contribution is 5.74. The van der Waals surface area contributed by atoms with Crippen LogP contribution in [0.25, 0.3) is 10.4 Å². The number of amides is 1. The Hall–Kier alpha value is -6.92. The predicted molar refractivity (Wildman–Crippen MR) is 336 cm³/mol. The SMILES string of the molecule is C=CCOC[C@H]1O[C@@H](O[C@H]2[C@H](O[C@@H]3O[C@@H](C)[C@@H](OCc4ccccc4)[C@@H](OCc4ccccc4)[C@@H]3OCc3ccccc3)[C@@H](COCc3ccccc3)O[C@@H](OCCN=[N+]=[N-])[C@@H]2N(CC=C)C(C)=O)[C@H](OCC=C)[C@@H](OCc2ccc(OC)cc2)[C@H]1OCC=C. The van der Waals surface area contributed by atoms with Gasteiger partial charge in [-0.1, -0.05) is 163 Å². The van der Waals surface area contributed by atoms with Crippen LogP contribution in [0.1, 0.15) is 41.7 Å². The fraction of sp³-hybridized carbons (Fsp3) is 0.443. The lowest BCUT2D eigenvalue weighted by molar-refractivity contribution is -0.387. The lowest BCUT2D eigenvalue weighted by Crippen LogP contribution is -2.71. The Morgan fingerprint density at radius 3 is 1.50 bits per heavy atom. The summed E-state index contributed by atoms with van der Waals surface area (Å²) in [7, 11) is 1.60. The first-order valence-corrected chi connectivity index (χ1v) is 30.4. The molecule has 90 heavy (non-hydrogen) atoms. The van der Waals surface area contributed by atoms with Crippen molar-refractivity contribution in [1.82, 2.24) is 4.90 Å². The van der Waals surface area contributed by atoms with Crippen LogP contribution in [0.15, 0.2) is 201 Å². The first kappa shape index (κ1) is 69.0. The van der Waals surface area contributed by atoms with Gasteiger partial charge in [0.15, 0.2) is 18.9 Å². The van der Waals surface area contributed by atoms with Crippen molar-refractivity contribution in [2.45, 2.75) is 139 Å². The third-order valence-electron chi connectivity index (χ3n) is 15.3. The molecule has 482 valence electrons. The molecule has 1 amide bonds. The Labute approximate surface area is 528 Å². The van der Waals surface area contributed by atoms with Crippen LogP contribution in [0.3, 0.4) is 0 Å². The molecule has 15 atom stereocenters. The van der Waals surface area contributed by atoms with Crippen molar-refractivity contribution < 1.29 is 75.8 Å². The van der Waals surface area contributed by atoms with E-state index in [0.717, 1.165) is 27.8 Å². The van der Waals surface area contributed by atoms with Crippen LogP contribution >= 0.6 is 0 Å². The molecule has 3 heterocycles. The molecule has 0 spiro atoms. The number of nitrogens with zero attached hydrogens (tertiary/aromatic N) is 4. The van der Waals surface area contributed by atoms with Crippen LogP contribution in [0.5, 0.6) is 5.75 Å². The smallest absolute Gasteiger partial charge is 0.220 e. The fourth-order valence-corrected chi connectivity index (χ4v) is 11.0. The quantitative estimate of drug-likeness (QED) is 0.0118. The second-order valence-electron chi connectivity index (χ2n) is 21.7. The summed E-state index contributed by atoms with van der Waals surface area (Å²) in [5.74, 6) is 0.282. The molecule has 8 rings (SSSR count). The molecule has 0 radical (unpaired) electrons. The van der Waals surface area contributed by atoms with E-state index in [2.05, 4.69) is 36.3 Å². The Kier molecular flexibility index (Phi) is 28.7. The van der Waals surface area contributed by atoms with E-state index in [1.54, 1.807) is 31.4 Å². The van der Waals surface area contributed by atoms with Gasteiger partial charge in [-0.25, -0.2) is 0 Å². The largest absolute Gasteiger partial charge is 0.497 e. The molecule has 3 saturated heterocycles. The second kappa shape index (κ2) is 37.4. The molecule has 0 aliphatic carbocycles. The van der Waals surface area contributed by atoms with Gasteiger partial charge >= 0.3 is 0 Å². The van der Waals surface area contributed by atoms with E-state index in [9.17, 15) is 10.3 Å². The first-order chi connectivity index (χ1) is 44.2. The van der Waals surface area contributed by atoms with Gasteiger partial charge in [0, 0.05) is 24.9 Å². The molecule has 5 aromatic carbocycles. The average molecular weight is 1240 g/mol. The van der Waals surface area contributed by atoms with Gasteiger partial charge in [0.05, 0.1) is 85.9 Å². The molecule has 0 N–H and O–H groups in total. The molecule has 3 fully saturated rings. The monoisotopic (exact) mass is 1240 g/mol. The van der Waals surface area contributed by atoms with Crippen molar-refractivity contribution in [3.05, 3.63) is 234 Å². The predicted octanol–water partition coefficient (Wildman–Crippen LogP) is 10.6. The minimum absolute atomic E-state index is 0.00928. The van der Waals surface area contributed by atoms with Crippen molar-refractivity contribution >= 4 is 5.91 Å². The summed E-state index contributed by atoms with van der Waals surface area (Å²) in [6, 6.07) is 45.5. The maximum Gasteiger partial charge on any atom is 0.220 e. The minimum atomic E-state index is -1.37. The number of benzene rings is 5. The van der Waals surface area contributed by atoms with Crippen molar-refractivity contribution in [2.75, 3.05) is 59.8 Å². The topological polar surface area (TPSA) is 208 Å². The van der Waals surface area contributed by atoms with Crippen LogP contribution < -0.4 is 4.74 Å². The fourth-order valence-electron chi connectivity index (χ4n) is 11.0. The summed E-state index contributed by atoms with van der Waals surface area (Å²) in [6.07, 6.45) is -8.16. The van der Waals surface area contributed by atoms with Crippen LogP contribution in [0.2, 0.25) is 0 Å². The Balaban J connectivity index is 1.29. The standard InChI is InChI=1S/C70H86N4O16/c1-8-37-74(50(6)75)59-63(90-70-66(80-40-11-4)65(84-46-55-32-34-56(76-7)35-33-55)61(79-39-10-3)57(88-70)47-77-38-9-2)62(58(87-68(59)81-41-36-72-73-71)48-78-42-51-24-16-12-17-25-51)89-69-67(85-45-54-30-22-15-23-31-54)64(83-44-53-28-20-14-21-29-53)60(49(5)86-69)82-43-52-26-18-13-19-27-52/h8-35,49,57-70H,1-4,36-48H2,5-7H3/t49-,57+,58+,59+,60+,61-,62+,63+,64+,65-,66+,67-,68+,69-,70-/m0/s1. The van der Waals surface area contributed by atoms with Crippen molar-refractivity contribution in [1.29, 1.82) is 0 Å². The first-order valence-electron chi connectivity index (χ1n) is 30.4. The van der Waals surface area contributed by atoms with E-state index < -0.39 is 98.0 Å². The van der Waals surface area contributed by atoms with E-state index in [4.69, 9.17) is 71.1 Å². The van der Waals surface area contributed by atoms with Crippen LogP contribution in [-0.4, -0.2) is 163 Å². The number of methoxy groups -OCH3 is 1. The summed E-state index contributed by atoms with van der Waals surface area (Å²) in [6.45, 7) is 20.0. The van der Waals surface area contributed by atoms with Crippen molar-refractivity contribution in [3.8, 4) is 5.75 Å². The molecule has 0 bridgehead atoms. The molecule has 20 nitrogen and oxygen atoms in total. The van der Waals surface area contributed by atoms with Crippen molar-refractivity contribution in [2.24, 2.45) is 5.11 Å². The van der Waals surface area contributed by atoms with Gasteiger partial charge in [-0.05, 0) is 52.4 Å². The van der Waals surface area contributed by atoms with Crippen molar-refractivity contribution in [3.63, 3.8) is 0 Å². The third-order valence-corrected chi connectivity index (χ3v) is 15.3. The van der Waals surface area contributed by atoms with Gasteiger partial charge in [-0.15, -0.1) is 26.3 Å². The average Bonchev–Trinajstić information content (AvgIpc) is 1.26. The Morgan fingerprint density at radius 2 is 0.967 bits per heavy atom. The highest BCUT2D eigenvalue weighted by Gasteiger charge is 2.58. The summed E-state index contributed by atoms with van der Waals surface area (Å²) >= 11 is 0. The zero-order valence-corrected chi connectivity index (χ0v) is 51.7. The second-order valence-corrected chi connectivity index (χ2v) is 21.7. The highest BCUT2D eigenvalue weighted by Crippen LogP contribution is 2.40. The normalized spacial score (nSPS) is 26.5. The number of rotatable bonds is 38. The molecular weight excluding hydrogens is 1150 g/mol. The zero-order chi connectivity index (χ0) is 63.3. The van der Waals surface area contributed by atoms with Crippen LogP contribution in [0, 0.1) is 0 Å². The van der Waals surface area contributed by atoms with E-state index >= 15 is 0 Å². The maximum absolute atomic E-state index is 14.5. The summed E-state index contributed by atoms with van der Waals surface area (Å²) in [5, 5.41) is 3.77. The number of ether oxygens (including phenoxy) is 15. The summed E-state index contributed by atoms with van der Waals surface area (Å²) in [4.78, 5) is 19.0. The molecule has 0 unspecified atom stereocenters. The Bertz CT molecular complexity index is 2950. The van der Waals surface area contributed by atoms with E-state index in [1.165, 1.54) is 11.8 Å². The molecule has 3 aliphatic rings. The third kappa shape index (κ3) is 20.0. The zero-order valence-electron chi connectivity index (χ0n) is 51.7. The minimum Gasteiger partial charge on any atom is -0.497 e. The van der Waals surface area contributed by atoms with E-state index in [0.29, 0.717) is 5.75 Å². The molecule has 0 saturated carbocycles.